The molecule has 1 aliphatic carbocycles. The summed E-state index contributed by atoms with van der Waals surface area (Å²) in [6.45, 7) is 1.38. The maximum Gasteiger partial charge on any atom is 0.255 e. The van der Waals surface area contributed by atoms with Crippen LogP contribution < -0.4 is 5.73 Å². The summed E-state index contributed by atoms with van der Waals surface area (Å²) in [5.74, 6) is 0.122. The lowest BCUT2D eigenvalue weighted by Crippen LogP contribution is -2.38. The van der Waals surface area contributed by atoms with E-state index >= 15 is 0 Å². The highest BCUT2D eigenvalue weighted by atomic mass is 35.5. The van der Waals surface area contributed by atoms with Gasteiger partial charge in [-0.25, -0.2) is 4.39 Å². The van der Waals surface area contributed by atoms with Crippen LogP contribution in [0.2, 0.25) is 5.02 Å². The van der Waals surface area contributed by atoms with Crippen LogP contribution in [0.5, 0.6) is 0 Å². The fourth-order valence-corrected chi connectivity index (χ4v) is 3.73. The molecule has 1 heterocycles. The Morgan fingerprint density at radius 2 is 2.15 bits per heavy atom. The minimum atomic E-state index is -0.550. The second-order valence-corrected chi connectivity index (χ2v) is 6.21. The zero-order chi connectivity index (χ0) is 14.3. The van der Waals surface area contributed by atoms with E-state index in [1.54, 1.807) is 11.0 Å². The van der Waals surface area contributed by atoms with E-state index in [0.717, 1.165) is 19.3 Å². The van der Waals surface area contributed by atoms with Gasteiger partial charge in [-0.1, -0.05) is 24.1 Å². The average molecular weight is 297 g/mol. The molecule has 0 radical (unpaired) electrons. The Morgan fingerprint density at radius 1 is 1.35 bits per heavy atom. The molecule has 1 amide bonds. The molecule has 2 aliphatic rings. The van der Waals surface area contributed by atoms with Crippen LogP contribution in [0.25, 0.3) is 0 Å². The van der Waals surface area contributed by atoms with Gasteiger partial charge in [0, 0.05) is 19.1 Å². The van der Waals surface area contributed by atoms with E-state index < -0.39 is 5.82 Å². The molecular formula is C15H18ClFN2O. The van der Waals surface area contributed by atoms with Crippen LogP contribution in [0, 0.1) is 17.7 Å². The van der Waals surface area contributed by atoms with Gasteiger partial charge in [-0.05, 0) is 36.8 Å². The number of benzene rings is 1. The number of nitrogens with zero attached hydrogens (tertiary/aromatic N) is 1. The Labute approximate surface area is 122 Å². The summed E-state index contributed by atoms with van der Waals surface area (Å²) in [5.41, 5.74) is 6.40. The quantitative estimate of drug-likeness (QED) is 0.866. The first kappa shape index (κ1) is 13.8. The normalized spacial score (nSPS) is 29.4. The van der Waals surface area contributed by atoms with Crippen LogP contribution in [-0.4, -0.2) is 29.9 Å². The molecule has 5 heteroatoms. The summed E-state index contributed by atoms with van der Waals surface area (Å²) in [4.78, 5) is 14.3. The summed E-state index contributed by atoms with van der Waals surface area (Å²) >= 11 is 5.90. The van der Waals surface area contributed by atoms with Gasteiger partial charge in [0.25, 0.3) is 5.91 Å². The highest BCUT2D eigenvalue weighted by Gasteiger charge is 2.40. The molecule has 3 rings (SSSR count). The van der Waals surface area contributed by atoms with Gasteiger partial charge in [0.05, 0.1) is 10.6 Å². The van der Waals surface area contributed by atoms with Crippen molar-refractivity contribution in [2.45, 2.75) is 25.3 Å². The van der Waals surface area contributed by atoms with E-state index in [2.05, 4.69) is 0 Å². The highest BCUT2D eigenvalue weighted by molar-refractivity contribution is 6.34. The van der Waals surface area contributed by atoms with Gasteiger partial charge in [-0.3, -0.25) is 4.79 Å². The Bertz CT molecular complexity index is 537. The van der Waals surface area contributed by atoms with Crippen molar-refractivity contribution in [3.63, 3.8) is 0 Å². The Hall–Kier alpha value is -1.13. The molecule has 0 bridgehead atoms. The first-order valence-electron chi connectivity index (χ1n) is 7.07. The SMILES string of the molecule is NC1CCCC2CN(C(=O)c3cccc(F)c3Cl)CC12. The fourth-order valence-electron chi connectivity index (χ4n) is 3.52. The number of amides is 1. The van der Waals surface area contributed by atoms with Crippen LogP contribution in [0.3, 0.4) is 0 Å². The maximum absolute atomic E-state index is 13.5. The van der Waals surface area contributed by atoms with Crippen LogP contribution in [-0.2, 0) is 0 Å². The van der Waals surface area contributed by atoms with Gasteiger partial charge < -0.3 is 10.6 Å². The second kappa shape index (κ2) is 5.34. The monoisotopic (exact) mass is 296 g/mol. The van der Waals surface area contributed by atoms with E-state index in [4.69, 9.17) is 17.3 Å². The molecule has 1 aromatic rings. The fraction of sp³-hybridized carbons (Fsp3) is 0.533. The minimum Gasteiger partial charge on any atom is -0.338 e. The highest BCUT2D eigenvalue weighted by Crippen LogP contribution is 2.36. The Kier molecular flexibility index (Phi) is 3.69. The summed E-state index contributed by atoms with van der Waals surface area (Å²) < 4.78 is 13.5. The number of rotatable bonds is 1. The lowest BCUT2D eigenvalue weighted by Gasteiger charge is -2.29. The molecule has 0 aromatic heterocycles. The lowest BCUT2D eigenvalue weighted by atomic mass is 9.78. The summed E-state index contributed by atoms with van der Waals surface area (Å²) in [6.07, 6.45) is 3.29. The molecule has 3 atom stereocenters. The van der Waals surface area contributed by atoms with Gasteiger partial charge in [-0.2, -0.15) is 0 Å². The van der Waals surface area contributed by atoms with E-state index in [-0.39, 0.29) is 22.5 Å². The average Bonchev–Trinajstić information content (AvgIpc) is 2.87. The number of carbonyl (C=O) groups is 1. The molecule has 2 N–H and O–H groups in total. The molecule has 3 unspecified atom stereocenters. The van der Waals surface area contributed by atoms with Crippen LogP contribution in [0.15, 0.2) is 18.2 Å². The van der Waals surface area contributed by atoms with Gasteiger partial charge in [-0.15, -0.1) is 0 Å². The van der Waals surface area contributed by atoms with Crippen LogP contribution >= 0.6 is 11.6 Å². The van der Waals surface area contributed by atoms with Crippen molar-refractivity contribution >= 4 is 17.5 Å². The molecule has 1 aliphatic heterocycles. The predicted molar refractivity (Wildman–Crippen MR) is 76.1 cm³/mol. The molecule has 2 fully saturated rings. The predicted octanol–water partition coefficient (Wildman–Crippen LogP) is 2.68. The van der Waals surface area contributed by atoms with E-state index in [0.29, 0.717) is 24.9 Å². The number of nitrogens with two attached hydrogens (primary N) is 1. The third kappa shape index (κ3) is 2.31. The van der Waals surface area contributed by atoms with Gasteiger partial charge in [0.15, 0.2) is 0 Å². The molecule has 1 saturated heterocycles. The maximum atomic E-state index is 13.5. The summed E-state index contributed by atoms with van der Waals surface area (Å²) in [5, 5.41) is -0.0864. The minimum absolute atomic E-state index is 0.0864. The van der Waals surface area contributed by atoms with E-state index in [1.165, 1.54) is 12.1 Å². The molecule has 1 saturated carbocycles. The van der Waals surface area contributed by atoms with Crippen molar-refractivity contribution in [3.05, 3.63) is 34.6 Å². The number of fused-ring (bicyclic) bond motifs is 1. The van der Waals surface area contributed by atoms with Crippen molar-refractivity contribution in [1.29, 1.82) is 0 Å². The zero-order valence-electron chi connectivity index (χ0n) is 11.2. The van der Waals surface area contributed by atoms with Crippen LogP contribution in [0.1, 0.15) is 29.6 Å². The topological polar surface area (TPSA) is 46.3 Å². The number of halogens is 2. The van der Waals surface area contributed by atoms with Crippen molar-refractivity contribution in [2.24, 2.45) is 17.6 Å². The molecular weight excluding hydrogens is 279 g/mol. The van der Waals surface area contributed by atoms with Gasteiger partial charge in [0.2, 0.25) is 0 Å². The van der Waals surface area contributed by atoms with Gasteiger partial charge in [0.1, 0.15) is 5.82 Å². The summed E-state index contributed by atoms with van der Waals surface area (Å²) in [6, 6.07) is 4.53. The molecule has 20 heavy (non-hydrogen) atoms. The van der Waals surface area contributed by atoms with E-state index in [9.17, 15) is 9.18 Å². The van der Waals surface area contributed by atoms with Crippen molar-refractivity contribution in [2.75, 3.05) is 13.1 Å². The largest absolute Gasteiger partial charge is 0.338 e. The number of hydrogen-bond donors (Lipinski definition) is 1. The van der Waals surface area contributed by atoms with Gasteiger partial charge >= 0.3 is 0 Å². The first-order chi connectivity index (χ1) is 9.58. The third-order valence-electron chi connectivity index (χ3n) is 4.62. The molecule has 0 spiro atoms. The van der Waals surface area contributed by atoms with E-state index in [1.807, 2.05) is 0 Å². The molecule has 1 aromatic carbocycles. The smallest absolute Gasteiger partial charge is 0.255 e. The number of hydrogen-bond acceptors (Lipinski definition) is 2. The van der Waals surface area contributed by atoms with Crippen molar-refractivity contribution < 1.29 is 9.18 Å². The first-order valence-corrected chi connectivity index (χ1v) is 7.44. The lowest BCUT2D eigenvalue weighted by molar-refractivity contribution is 0.0783. The molecule has 3 nitrogen and oxygen atoms in total. The van der Waals surface area contributed by atoms with Crippen molar-refractivity contribution in [3.8, 4) is 0 Å². The van der Waals surface area contributed by atoms with Crippen molar-refractivity contribution in [1.82, 2.24) is 4.90 Å². The third-order valence-corrected chi connectivity index (χ3v) is 5.01. The standard InChI is InChI=1S/C15H18ClFN2O/c16-14-10(4-2-5-12(14)17)15(20)19-7-9-3-1-6-13(18)11(9)8-19/h2,4-5,9,11,13H,1,3,6-8,18H2. The number of likely N-dealkylation sites (tertiary alicyclic amines) is 1. The molecule has 108 valence electrons. The Balaban J connectivity index is 1.80. The Morgan fingerprint density at radius 3 is 2.90 bits per heavy atom. The zero-order valence-corrected chi connectivity index (χ0v) is 11.9. The second-order valence-electron chi connectivity index (χ2n) is 5.83. The van der Waals surface area contributed by atoms with Crippen LogP contribution in [0.4, 0.5) is 4.39 Å². The summed E-state index contributed by atoms with van der Waals surface area (Å²) in [7, 11) is 0. The number of carbonyl (C=O) groups excluding carboxylic acids is 1.